The smallest absolute Gasteiger partial charge is 0.161 e. The third-order valence-electron chi connectivity index (χ3n) is 5.48. The minimum absolute atomic E-state index is 0.0597. The van der Waals surface area contributed by atoms with Crippen molar-refractivity contribution in [3.05, 3.63) is 48.3 Å². The molecule has 1 saturated carbocycles. The van der Waals surface area contributed by atoms with Gasteiger partial charge in [-0.25, -0.2) is 9.97 Å². The number of hydrogen-bond donors (Lipinski definition) is 1. The molecule has 154 valence electrons. The van der Waals surface area contributed by atoms with Gasteiger partial charge in [0.2, 0.25) is 0 Å². The van der Waals surface area contributed by atoms with Crippen LogP contribution in [0, 0.1) is 6.92 Å². The SMILES string of the molecule is Cc1cc(-c2cccnc2)nc2c(CN[C@H]3CC[C@H](OC(C)(C)C)CC3)ncn12. The van der Waals surface area contributed by atoms with Crippen molar-refractivity contribution in [2.24, 2.45) is 0 Å². The maximum atomic E-state index is 6.14. The summed E-state index contributed by atoms with van der Waals surface area (Å²) in [6, 6.07) is 6.57. The van der Waals surface area contributed by atoms with Gasteiger partial charge in [-0.2, -0.15) is 0 Å². The van der Waals surface area contributed by atoms with E-state index in [0.717, 1.165) is 60.5 Å². The summed E-state index contributed by atoms with van der Waals surface area (Å²) in [5, 5.41) is 3.69. The molecule has 1 aliphatic carbocycles. The second-order valence-electron chi connectivity index (χ2n) is 8.99. The van der Waals surface area contributed by atoms with Crippen molar-refractivity contribution in [2.45, 2.75) is 77.7 Å². The molecular formula is C23H31N5O. The quantitative estimate of drug-likeness (QED) is 0.699. The van der Waals surface area contributed by atoms with Gasteiger partial charge in [0.15, 0.2) is 5.65 Å². The molecule has 3 aromatic heterocycles. The summed E-state index contributed by atoms with van der Waals surface area (Å²) >= 11 is 0. The van der Waals surface area contributed by atoms with Crippen LogP contribution in [0.25, 0.3) is 16.9 Å². The van der Waals surface area contributed by atoms with E-state index in [1.807, 2.05) is 24.7 Å². The summed E-state index contributed by atoms with van der Waals surface area (Å²) in [4.78, 5) is 13.7. The molecule has 0 unspecified atom stereocenters. The van der Waals surface area contributed by atoms with Crippen LogP contribution in [0.1, 0.15) is 57.8 Å². The van der Waals surface area contributed by atoms with Crippen molar-refractivity contribution < 1.29 is 4.74 Å². The number of aryl methyl sites for hydroxylation is 1. The molecule has 0 saturated heterocycles. The van der Waals surface area contributed by atoms with Gasteiger partial charge in [-0.3, -0.25) is 9.38 Å². The molecule has 6 heteroatoms. The van der Waals surface area contributed by atoms with E-state index in [9.17, 15) is 0 Å². The van der Waals surface area contributed by atoms with Crippen molar-refractivity contribution in [3.8, 4) is 11.3 Å². The molecule has 3 aromatic rings. The Morgan fingerprint density at radius 1 is 1.21 bits per heavy atom. The third-order valence-corrected chi connectivity index (χ3v) is 5.48. The molecule has 0 bridgehead atoms. The number of hydrogen-bond acceptors (Lipinski definition) is 5. The van der Waals surface area contributed by atoms with E-state index in [4.69, 9.17) is 9.72 Å². The van der Waals surface area contributed by atoms with Crippen LogP contribution in [-0.4, -0.2) is 37.1 Å². The number of nitrogens with one attached hydrogen (secondary N) is 1. The summed E-state index contributed by atoms with van der Waals surface area (Å²) in [6.45, 7) is 9.22. The van der Waals surface area contributed by atoms with Crippen molar-refractivity contribution in [1.29, 1.82) is 0 Å². The highest BCUT2D eigenvalue weighted by atomic mass is 16.5. The molecule has 6 nitrogen and oxygen atoms in total. The topological polar surface area (TPSA) is 64.3 Å². The Morgan fingerprint density at radius 2 is 2.00 bits per heavy atom. The Balaban J connectivity index is 1.43. The van der Waals surface area contributed by atoms with E-state index in [-0.39, 0.29) is 5.60 Å². The zero-order valence-electron chi connectivity index (χ0n) is 17.9. The van der Waals surface area contributed by atoms with E-state index in [1.165, 1.54) is 0 Å². The van der Waals surface area contributed by atoms with Crippen LogP contribution in [0.2, 0.25) is 0 Å². The average molecular weight is 394 g/mol. The zero-order valence-corrected chi connectivity index (χ0v) is 17.9. The predicted octanol–water partition coefficient (Wildman–Crippen LogP) is 4.32. The fraction of sp³-hybridized carbons (Fsp3) is 0.522. The van der Waals surface area contributed by atoms with Crippen LogP contribution < -0.4 is 5.32 Å². The highest BCUT2D eigenvalue weighted by Gasteiger charge is 2.25. The standard InChI is InChI=1S/C23H31N5O/c1-16-12-20(17-6-5-11-24-13-17)27-22-21(26-15-28(16)22)14-25-18-7-9-19(10-8-18)29-23(2,3)4/h5-6,11-13,15,18-19,25H,7-10,14H2,1-4H3/t18-,19-. The molecule has 3 heterocycles. The maximum Gasteiger partial charge on any atom is 0.161 e. The lowest BCUT2D eigenvalue weighted by molar-refractivity contribution is -0.0760. The number of pyridine rings is 1. The summed E-state index contributed by atoms with van der Waals surface area (Å²) in [7, 11) is 0. The first-order valence-corrected chi connectivity index (χ1v) is 10.5. The van der Waals surface area contributed by atoms with Gasteiger partial charge < -0.3 is 10.1 Å². The molecule has 0 aromatic carbocycles. The molecule has 0 spiro atoms. The van der Waals surface area contributed by atoms with Crippen molar-refractivity contribution >= 4 is 5.65 Å². The second kappa shape index (κ2) is 8.20. The zero-order chi connectivity index (χ0) is 20.4. The van der Waals surface area contributed by atoms with Crippen molar-refractivity contribution in [1.82, 2.24) is 24.7 Å². The lowest BCUT2D eigenvalue weighted by Crippen LogP contribution is -2.37. The minimum Gasteiger partial charge on any atom is -0.373 e. The molecule has 1 fully saturated rings. The molecule has 0 amide bonds. The van der Waals surface area contributed by atoms with E-state index in [2.05, 4.69) is 53.4 Å². The number of ether oxygens (including phenoxy) is 1. The molecule has 1 aliphatic rings. The summed E-state index contributed by atoms with van der Waals surface area (Å²) < 4.78 is 8.21. The molecular weight excluding hydrogens is 362 g/mol. The monoisotopic (exact) mass is 393 g/mol. The van der Waals surface area contributed by atoms with Gasteiger partial charge in [0.1, 0.15) is 6.33 Å². The van der Waals surface area contributed by atoms with Gasteiger partial charge in [0.05, 0.1) is 23.1 Å². The Bertz CT molecular complexity index is 953. The first-order valence-electron chi connectivity index (χ1n) is 10.5. The van der Waals surface area contributed by atoms with Gasteiger partial charge in [-0.1, -0.05) is 0 Å². The fourth-order valence-corrected chi connectivity index (χ4v) is 4.08. The number of imidazole rings is 1. The minimum atomic E-state index is -0.0597. The highest BCUT2D eigenvalue weighted by molar-refractivity contribution is 5.62. The van der Waals surface area contributed by atoms with Crippen LogP contribution in [0.15, 0.2) is 36.9 Å². The summed E-state index contributed by atoms with van der Waals surface area (Å²) in [6.07, 6.45) is 10.4. The van der Waals surface area contributed by atoms with Gasteiger partial charge in [0.25, 0.3) is 0 Å². The van der Waals surface area contributed by atoms with E-state index < -0.39 is 0 Å². The van der Waals surface area contributed by atoms with Gasteiger partial charge in [-0.05, 0) is 71.6 Å². The number of fused-ring (bicyclic) bond motifs is 1. The lowest BCUT2D eigenvalue weighted by Gasteiger charge is -2.33. The van der Waals surface area contributed by atoms with Crippen molar-refractivity contribution in [2.75, 3.05) is 0 Å². The Morgan fingerprint density at radius 3 is 2.69 bits per heavy atom. The molecule has 0 aliphatic heterocycles. The summed E-state index contributed by atoms with van der Waals surface area (Å²) in [5.74, 6) is 0. The van der Waals surface area contributed by atoms with Crippen LogP contribution in [-0.2, 0) is 11.3 Å². The van der Waals surface area contributed by atoms with Gasteiger partial charge >= 0.3 is 0 Å². The van der Waals surface area contributed by atoms with E-state index in [0.29, 0.717) is 12.1 Å². The normalized spacial score (nSPS) is 20.3. The van der Waals surface area contributed by atoms with Gasteiger partial charge in [-0.15, -0.1) is 0 Å². The first kappa shape index (κ1) is 20.0. The number of aromatic nitrogens is 4. The van der Waals surface area contributed by atoms with Crippen molar-refractivity contribution in [3.63, 3.8) is 0 Å². The van der Waals surface area contributed by atoms with Crippen LogP contribution in [0.5, 0.6) is 0 Å². The Labute approximate surface area is 172 Å². The van der Waals surface area contributed by atoms with Gasteiger partial charge in [0, 0.05) is 36.2 Å². The first-order chi connectivity index (χ1) is 13.9. The Kier molecular flexibility index (Phi) is 5.65. The lowest BCUT2D eigenvalue weighted by atomic mass is 9.92. The van der Waals surface area contributed by atoms with E-state index >= 15 is 0 Å². The number of nitrogens with zero attached hydrogens (tertiary/aromatic N) is 4. The van der Waals surface area contributed by atoms with Crippen LogP contribution in [0.3, 0.4) is 0 Å². The molecule has 0 radical (unpaired) electrons. The largest absolute Gasteiger partial charge is 0.373 e. The predicted molar refractivity (Wildman–Crippen MR) is 115 cm³/mol. The number of rotatable bonds is 5. The van der Waals surface area contributed by atoms with Crippen LogP contribution >= 0.6 is 0 Å². The third kappa shape index (κ3) is 4.82. The Hall–Kier alpha value is -2.31. The molecule has 0 atom stereocenters. The molecule has 4 rings (SSSR count). The molecule has 1 N–H and O–H groups in total. The summed E-state index contributed by atoms with van der Waals surface area (Å²) in [5.41, 5.74) is 4.93. The highest BCUT2D eigenvalue weighted by Crippen LogP contribution is 2.26. The second-order valence-corrected chi connectivity index (χ2v) is 8.99. The van der Waals surface area contributed by atoms with E-state index in [1.54, 1.807) is 6.20 Å². The fourth-order valence-electron chi connectivity index (χ4n) is 4.08. The molecule has 29 heavy (non-hydrogen) atoms. The maximum absolute atomic E-state index is 6.14. The average Bonchev–Trinajstić information content (AvgIpc) is 3.10. The van der Waals surface area contributed by atoms with Crippen LogP contribution in [0.4, 0.5) is 0 Å².